The molecule has 1 amide bonds. The third-order valence-corrected chi connectivity index (χ3v) is 3.30. The summed E-state index contributed by atoms with van der Waals surface area (Å²) in [6, 6.07) is 11.8. The van der Waals surface area contributed by atoms with Gasteiger partial charge in [-0.05, 0) is 42.8 Å². The Balaban J connectivity index is 1.80. The van der Waals surface area contributed by atoms with Gasteiger partial charge in [0.25, 0.3) is 5.91 Å². The summed E-state index contributed by atoms with van der Waals surface area (Å²) in [6.07, 6.45) is 2.23. The van der Waals surface area contributed by atoms with Gasteiger partial charge in [-0.25, -0.2) is 5.43 Å². The lowest BCUT2D eigenvalue weighted by atomic mass is 10.2. The lowest BCUT2D eigenvalue weighted by Crippen LogP contribution is -2.24. The van der Waals surface area contributed by atoms with Gasteiger partial charge < -0.3 is 19.3 Å². The summed E-state index contributed by atoms with van der Waals surface area (Å²) < 4.78 is 15.8. The highest BCUT2D eigenvalue weighted by atomic mass is 16.5. The van der Waals surface area contributed by atoms with Crippen molar-refractivity contribution in [1.82, 2.24) is 5.43 Å². The van der Waals surface area contributed by atoms with Crippen LogP contribution in [0.1, 0.15) is 18.9 Å². The second kappa shape index (κ2) is 9.93. The average molecular weight is 358 g/mol. The van der Waals surface area contributed by atoms with Gasteiger partial charge >= 0.3 is 0 Å². The third kappa shape index (κ3) is 6.01. The maximum absolute atomic E-state index is 11.7. The van der Waals surface area contributed by atoms with Crippen LogP contribution in [-0.4, -0.2) is 37.6 Å². The summed E-state index contributed by atoms with van der Waals surface area (Å²) in [5.41, 5.74) is 2.80. The predicted octanol–water partition coefficient (Wildman–Crippen LogP) is 2.72. The van der Waals surface area contributed by atoms with E-state index in [1.807, 2.05) is 6.92 Å². The fraction of sp³-hybridized carbons (Fsp3) is 0.263. The van der Waals surface area contributed by atoms with E-state index in [9.17, 15) is 9.90 Å². The molecule has 2 N–H and O–H groups in total. The van der Waals surface area contributed by atoms with Gasteiger partial charge in [0.05, 0.1) is 19.9 Å². The summed E-state index contributed by atoms with van der Waals surface area (Å²) >= 11 is 0. The van der Waals surface area contributed by atoms with E-state index in [0.717, 1.165) is 6.42 Å². The minimum absolute atomic E-state index is 0.0195. The molecule has 0 saturated carbocycles. The van der Waals surface area contributed by atoms with Gasteiger partial charge in [0.15, 0.2) is 6.61 Å². The van der Waals surface area contributed by atoms with Gasteiger partial charge in [0, 0.05) is 11.6 Å². The second-order valence-electron chi connectivity index (χ2n) is 5.33. The summed E-state index contributed by atoms with van der Waals surface area (Å²) in [4.78, 5) is 11.7. The molecule has 0 aromatic heterocycles. The number of nitrogens with zero attached hydrogens (tertiary/aromatic N) is 1. The van der Waals surface area contributed by atoms with Gasteiger partial charge in [0.1, 0.15) is 23.0 Å². The van der Waals surface area contributed by atoms with Gasteiger partial charge in [-0.15, -0.1) is 0 Å². The third-order valence-electron chi connectivity index (χ3n) is 3.30. The Bertz CT molecular complexity index is 744. The normalized spacial score (nSPS) is 10.5. The number of hydrogen-bond acceptors (Lipinski definition) is 6. The number of rotatable bonds is 9. The minimum Gasteiger partial charge on any atom is -0.507 e. The highest BCUT2D eigenvalue weighted by Crippen LogP contribution is 2.22. The van der Waals surface area contributed by atoms with Crippen molar-refractivity contribution in [2.45, 2.75) is 13.3 Å². The molecule has 2 rings (SSSR count). The van der Waals surface area contributed by atoms with Crippen LogP contribution >= 0.6 is 0 Å². The number of hydrazone groups is 1. The van der Waals surface area contributed by atoms with Crippen LogP contribution in [0.4, 0.5) is 0 Å². The topological polar surface area (TPSA) is 89.4 Å². The molecule has 7 heteroatoms. The van der Waals surface area contributed by atoms with E-state index in [4.69, 9.17) is 14.2 Å². The van der Waals surface area contributed by atoms with Crippen molar-refractivity contribution in [2.24, 2.45) is 5.10 Å². The molecule has 0 atom stereocenters. The summed E-state index contributed by atoms with van der Waals surface area (Å²) in [7, 11) is 1.57. The largest absolute Gasteiger partial charge is 0.507 e. The predicted molar refractivity (Wildman–Crippen MR) is 98.1 cm³/mol. The number of carbonyl (C=O) groups excluding carboxylic acids is 1. The van der Waals surface area contributed by atoms with Crippen molar-refractivity contribution in [1.29, 1.82) is 0 Å². The lowest BCUT2D eigenvalue weighted by Gasteiger charge is -2.07. The molecule has 0 radical (unpaired) electrons. The first kappa shape index (κ1) is 19.1. The Labute approximate surface area is 152 Å². The molecule has 0 bridgehead atoms. The van der Waals surface area contributed by atoms with Crippen LogP contribution in [0.5, 0.6) is 23.0 Å². The zero-order valence-electron chi connectivity index (χ0n) is 14.8. The zero-order chi connectivity index (χ0) is 18.8. The molecule has 0 aliphatic carbocycles. The molecule has 138 valence electrons. The van der Waals surface area contributed by atoms with Gasteiger partial charge in [-0.2, -0.15) is 5.10 Å². The highest BCUT2D eigenvalue weighted by Gasteiger charge is 2.04. The van der Waals surface area contributed by atoms with E-state index in [1.54, 1.807) is 43.5 Å². The Morgan fingerprint density at radius 1 is 1.12 bits per heavy atom. The fourth-order valence-electron chi connectivity index (χ4n) is 1.97. The minimum atomic E-state index is -0.417. The number of aromatic hydroxyl groups is 1. The van der Waals surface area contributed by atoms with E-state index in [0.29, 0.717) is 29.4 Å². The maximum atomic E-state index is 11.7. The number of methoxy groups -OCH3 is 1. The van der Waals surface area contributed by atoms with Crippen LogP contribution in [0.2, 0.25) is 0 Å². The number of phenols is 1. The number of ether oxygens (including phenoxy) is 3. The van der Waals surface area contributed by atoms with Crippen LogP contribution in [0, 0.1) is 0 Å². The molecule has 2 aromatic carbocycles. The monoisotopic (exact) mass is 358 g/mol. The molecule has 0 saturated heterocycles. The Kier molecular flexibility index (Phi) is 7.30. The van der Waals surface area contributed by atoms with Crippen LogP contribution in [0.3, 0.4) is 0 Å². The molecule has 0 unspecified atom stereocenters. The number of hydrogen-bond donors (Lipinski definition) is 2. The van der Waals surface area contributed by atoms with Crippen LogP contribution in [-0.2, 0) is 4.79 Å². The van der Waals surface area contributed by atoms with Gasteiger partial charge in [0.2, 0.25) is 0 Å². The Hall–Kier alpha value is -3.22. The van der Waals surface area contributed by atoms with Gasteiger partial charge in [-0.3, -0.25) is 4.79 Å². The lowest BCUT2D eigenvalue weighted by molar-refractivity contribution is -0.123. The van der Waals surface area contributed by atoms with Crippen LogP contribution in [0.25, 0.3) is 0 Å². The van der Waals surface area contributed by atoms with Crippen LogP contribution in [0.15, 0.2) is 47.6 Å². The first-order chi connectivity index (χ1) is 12.6. The number of nitrogens with one attached hydrogen (secondary N) is 1. The van der Waals surface area contributed by atoms with Crippen molar-refractivity contribution in [3.63, 3.8) is 0 Å². The van der Waals surface area contributed by atoms with E-state index < -0.39 is 5.91 Å². The maximum Gasteiger partial charge on any atom is 0.277 e. The van der Waals surface area contributed by atoms with Crippen LogP contribution < -0.4 is 19.6 Å². The smallest absolute Gasteiger partial charge is 0.277 e. The zero-order valence-corrected chi connectivity index (χ0v) is 14.8. The average Bonchev–Trinajstić information content (AvgIpc) is 2.66. The van der Waals surface area contributed by atoms with E-state index in [-0.39, 0.29) is 12.4 Å². The molecule has 0 heterocycles. The molecule has 26 heavy (non-hydrogen) atoms. The van der Waals surface area contributed by atoms with E-state index in [1.165, 1.54) is 12.3 Å². The molecule has 0 fully saturated rings. The quantitative estimate of drug-likeness (QED) is 0.531. The summed E-state index contributed by atoms with van der Waals surface area (Å²) in [6.45, 7) is 2.40. The molecule has 0 spiro atoms. The molecular weight excluding hydrogens is 336 g/mol. The SMILES string of the molecule is CCCOc1ccc(/C=N/NC(=O)COc2ccc(OC)cc2)c(O)c1. The van der Waals surface area contributed by atoms with Crippen molar-refractivity contribution in [3.05, 3.63) is 48.0 Å². The van der Waals surface area contributed by atoms with Crippen molar-refractivity contribution < 1.29 is 24.1 Å². The summed E-state index contributed by atoms with van der Waals surface area (Å²) in [5, 5.41) is 13.7. The molecule has 2 aromatic rings. The van der Waals surface area contributed by atoms with Gasteiger partial charge in [-0.1, -0.05) is 6.92 Å². The Morgan fingerprint density at radius 2 is 1.81 bits per heavy atom. The number of carbonyl (C=O) groups is 1. The molecular formula is C19H22N2O5. The molecule has 0 aliphatic heterocycles. The molecule has 0 aliphatic rings. The number of benzene rings is 2. The van der Waals surface area contributed by atoms with Crippen molar-refractivity contribution in [2.75, 3.05) is 20.3 Å². The first-order valence-electron chi connectivity index (χ1n) is 8.17. The number of phenolic OH excluding ortho intramolecular Hbond substituents is 1. The summed E-state index contributed by atoms with van der Waals surface area (Å²) in [5.74, 6) is 1.44. The first-order valence-corrected chi connectivity index (χ1v) is 8.17. The highest BCUT2D eigenvalue weighted by molar-refractivity contribution is 5.85. The fourth-order valence-corrected chi connectivity index (χ4v) is 1.97. The van der Waals surface area contributed by atoms with Crippen molar-refractivity contribution in [3.8, 4) is 23.0 Å². The molecule has 7 nitrogen and oxygen atoms in total. The van der Waals surface area contributed by atoms with E-state index in [2.05, 4.69) is 10.5 Å². The van der Waals surface area contributed by atoms with Crippen molar-refractivity contribution >= 4 is 12.1 Å². The standard InChI is InChI=1S/C19H22N2O5/c1-3-10-25-17-5-4-14(18(22)11-17)12-20-21-19(23)13-26-16-8-6-15(24-2)7-9-16/h4-9,11-12,22H,3,10,13H2,1-2H3,(H,21,23)/b20-12+. The Morgan fingerprint density at radius 3 is 2.46 bits per heavy atom. The number of amides is 1. The second-order valence-corrected chi connectivity index (χ2v) is 5.33. The van der Waals surface area contributed by atoms with E-state index >= 15 is 0 Å².